The highest BCUT2D eigenvalue weighted by atomic mass is 32.2. The lowest BCUT2D eigenvalue weighted by atomic mass is 10.1. The van der Waals surface area contributed by atoms with Crippen LogP contribution in [-0.4, -0.2) is 41.2 Å². The molecule has 0 aromatic heterocycles. The number of Topliss-reactive ketones (excluding diaryl/α,β-unsaturated/α-hetero) is 1. The Labute approximate surface area is 153 Å². The van der Waals surface area contributed by atoms with Gasteiger partial charge in [0.2, 0.25) is 0 Å². The second kappa shape index (κ2) is 8.68. The summed E-state index contributed by atoms with van der Waals surface area (Å²) < 4.78 is 37.3. The Morgan fingerprint density at radius 1 is 1.00 bits per heavy atom. The average Bonchev–Trinajstić information content (AvgIpc) is 2.61. The number of ketones is 1. The first-order valence-electron chi connectivity index (χ1n) is 7.76. The number of carbonyl (C=O) groups is 1. The number of carbonyl (C=O) groups excluding carboxylic acids is 1. The van der Waals surface area contributed by atoms with Crippen LogP contribution in [0.4, 0.5) is 0 Å². The number of nitrogens with one attached hydrogen (secondary N) is 1. The third-order valence-corrected chi connectivity index (χ3v) is 4.01. The van der Waals surface area contributed by atoms with E-state index < -0.39 is 10.1 Å². The van der Waals surface area contributed by atoms with Crippen molar-refractivity contribution in [1.29, 1.82) is 0 Å². The van der Waals surface area contributed by atoms with Crippen LogP contribution in [0.3, 0.4) is 0 Å². The fourth-order valence-electron chi connectivity index (χ4n) is 2.28. The Bertz CT molecular complexity index is 862. The first-order valence-corrected chi connectivity index (χ1v) is 9.58. The van der Waals surface area contributed by atoms with Crippen LogP contribution >= 0.6 is 0 Å². The summed E-state index contributed by atoms with van der Waals surface area (Å²) in [6.07, 6.45) is 0.962. The molecule has 0 saturated heterocycles. The van der Waals surface area contributed by atoms with Crippen LogP contribution in [0.5, 0.6) is 17.2 Å². The van der Waals surface area contributed by atoms with Crippen molar-refractivity contribution in [1.82, 2.24) is 5.32 Å². The number of hydrogen-bond donors (Lipinski definition) is 1. The van der Waals surface area contributed by atoms with Crippen LogP contribution in [0.1, 0.15) is 15.9 Å². The maximum Gasteiger partial charge on any atom is 0.306 e. The second-order valence-electron chi connectivity index (χ2n) is 5.52. The van der Waals surface area contributed by atoms with Crippen LogP contribution in [-0.2, 0) is 16.7 Å². The molecule has 2 rings (SSSR count). The lowest BCUT2D eigenvalue weighted by Crippen LogP contribution is -2.22. The van der Waals surface area contributed by atoms with Gasteiger partial charge in [0.25, 0.3) is 0 Å². The minimum absolute atomic E-state index is 0.122. The Balaban J connectivity index is 1.93. The fourth-order valence-corrected chi connectivity index (χ4v) is 2.74. The highest BCUT2D eigenvalue weighted by Crippen LogP contribution is 2.24. The maximum atomic E-state index is 12.2. The van der Waals surface area contributed by atoms with Gasteiger partial charge in [0, 0.05) is 23.7 Å². The molecule has 0 bridgehead atoms. The van der Waals surface area contributed by atoms with Gasteiger partial charge in [0.15, 0.2) is 5.78 Å². The molecule has 140 valence electrons. The molecule has 0 spiro atoms. The lowest BCUT2D eigenvalue weighted by molar-refractivity contribution is 0.0990. The second-order valence-corrected chi connectivity index (χ2v) is 7.09. The van der Waals surface area contributed by atoms with Gasteiger partial charge in [0.1, 0.15) is 17.2 Å². The Hall–Kier alpha value is -2.58. The van der Waals surface area contributed by atoms with Crippen molar-refractivity contribution < 1.29 is 26.9 Å². The van der Waals surface area contributed by atoms with E-state index in [1.165, 1.54) is 24.3 Å². The largest absolute Gasteiger partial charge is 0.497 e. The minimum Gasteiger partial charge on any atom is -0.497 e. The molecule has 0 saturated carbocycles. The molecule has 0 atom stereocenters. The van der Waals surface area contributed by atoms with Gasteiger partial charge in [-0.05, 0) is 30.3 Å². The highest BCUT2D eigenvalue weighted by molar-refractivity contribution is 7.86. The first-order chi connectivity index (χ1) is 12.3. The van der Waals surface area contributed by atoms with E-state index in [1.807, 2.05) is 12.1 Å². The molecule has 26 heavy (non-hydrogen) atoms. The minimum atomic E-state index is -3.58. The summed E-state index contributed by atoms with van der Waals surface area (Å²) in [5, 5.41) is 3.07. The topological polar surface area (TPSA) is 90.9 Å². The molecule has 0 aliphatic carbocycles. The molecule has 0 amide bonds. The SMILES string of the molecule is COc1ccc(CNCC(=O)c2ccc(OS(C)(=O)=O)cc2)c(OC)c1. The van der Waals surface area contributed by atoms with Crippen molar-refractivity contribution in [2.75, 3.05) is 27.0 Å². The molecule has 0 aliphatic rings. The van der Waals surface area contributed by atoms with Gasteiger partial charge in [-0.2, -0.15) is 8.42 Å². The van der Waals surface area contributed by atoms with Crippen molar-refractivity contribution in [3.8, 4) is 17.2 Å². The van der Waals surface area contributed by atoms with Gasteiger partial charge in [-0.15, -0.1) is 0 Å². The van der Waals surface area contributed by atoms with E-state index in [0.717, 1.165) is 11.8 Å². The van der Waals surface area contributed by atoms with E-state index >= 15 is 0 Å². The van der Waals surface area contributed by atoms with E-state index in [2.05, 4.69) is 5.32 Å². The zero-order chi connectivity index (χ0) is 19.2. The van der Waals surface area contributed by atoms with Gasteiger partial charge in [-0.25, -0.2) is 0 Å². The first kappa shape index (κ1) is 19.7. The average molecular weight is 379 g/mol. The summed E-state index contributed by atoms with van der Waals surface area (Å²) in [5.41, 5.74) is 1.36. The number of ether oxygens (including phenoxy) is 2. The van der Waals surface area contributed by atoms with Crippen LogP contribution < -0.4 is 19.0 Å². The molecule has 0 radical (unpaired) electrons. The monoisotopic (exact) mass is 379 g/mol. The Morgan fingerprint density at radius 2 is 1.65 bits per heavy atom. The van der Waals surface area contributed by atoms with Crippen molar-refractivity contribution in [2.24, 2.45) is 0 Å². The summed E-state index contributed by atoms with van der Waals surface area (Å²) in [6, 6.07) is 11.4. The van der Waals surface area contributed by atoms with Crippen molar-refractivity contribution >= 4 is 15.9 Å². The van der Waals surface area contributed by atoms with Crippen molar-refractivity contribution in [3.63, 3.8) is 0 Å². The number of hydrogen-bond acceptors (Lipinski definition) is 7. The molecular formula is C18H21NO6S. The number of methoxy groups -OCH3 is 2. The number of benzene rings is 2. The molecule has 0 fully saturated rings. The lowest BCUT2D eigenvalue weighted by Gasteiger charge is -2.11. The summed E-state index contributed by atoms with van der Waals surface area (Å²) in [7, 11) is -0.431. The van der Waals surface area contributed by atoms with Gasteiger partial charge >= 0.3 is 10.1 Å². The van der Waals surface area contributed by atoms with Crippen LogP contribution in [0.25, 0.3) is 0 Å². The highest BCUT2D eigenvalue weighted by Gasteiger charge is 2.10. The van der Waals surface area contributed by atoms with E-state index in [4.69, 9.17) is 13.7 Å². The maximum absolute atomic E-state index is 12.2. The third kappa shape index (κ3) is 5.75. The van der Waals surface area contributed by atoms with E-state index in [-0.39, 0.29) is 18.1 Å². The van der Waals surface area contributed by atoms with Crippen LogP contribution in [0.15, 0.2) is 42.5 Å². The molecule has 8 heteroatoms. The molecule has 7 nitrogen and oxygen atoms in total. The van der Waals surface area contributed by atoms with Gasteiger partial charge in [0.05, 0.1) is 27.0 Å². The number of rotatable bonds is 9. The van der Waals surface area contributed by atoms with Gasteiger partial charge < -0.3 is 19.0 Å². The third-order valence-electron chi connectivity index (χ3n) is 3.52. The van der Waals surface area contributed by atoms with Crippen LogP contribution in [0.2, 0.25) is 0 Å². The zero-order valence-electron chi connectivity index (χ0n) is 14.8. The molecule has 0 unspecified atom stereocenters. The van der Waals surface area contributed by atoms with Crippen LogP contribution in [0, 0.1) is 0 Å². The molecule has 0 aliphatic heterocycles. The normalized spacial score (nSPS) is 11.0. The van der Waals surface area contributed by atoms with Crippen molar-refractivity contribution in [2.45, 2.75) is 6.54 Å². The predicted octanol–water partition coefficient (Wildman–Crippen LogP) is 2.01. The summed E-state index contributed by atoms with van der Waals surface area (Å²) in [4.78, 5) is 12.2. The van der Waals surface area contributed by atoms with Crippen molar-refractivity contribution in [3.05, 3.63) is 53.6 Å². The Morgan fingerprint density at radius 3 is 2.23 bits per heavy atom. The van der Waals surface area contributed by atoms with Gasteiger partial charge in [-0.1, -0.05) is 6.07 Å². The molecule has 1 N–H and O–H groups in total. The van der Waals surface area contributed by atoms with E-state index in [1.54, 1.807) is 20.3 Å². The van der Waals surface area contributed by atoms with E-state index in [9.17, 15) is 13.2 Å². The summed E-state index contributed by atoms with van der Waals surface area (Å²) in [5.74, 6) is 1.41. The van der Waals surface area contributed by atoms with Gasteiger partial charge in [-0.3, -0.25) is 4.79 Å². The molecular weight excluding hydrogens is 358 g/mol. The molecule has 0 heterocycles. The standard InChI is InChI=1S/C18H21NO6S/c1-23-16-9-6-14(18(10-16)24-2)11-19-12-17(20)13-4-7-15(8-5-13)25-26(3,21)22/h4-10,19H,11-12H2,1-3H3. The molecule has 2 aromatic carbocycles. The predicted molar refractivity (Wildman–Crippen MR) is 97.5 cm³/mol. The summed E-state index contributed by atoms with van der Waals surface area (Å²) >= 11 is 0. The van der Waals surface area contributed by atoms with E-state index in [0.29, 0.717) is 23.6 Å². The molecule has 2 aromatic rings. The fraction of sp³-hybridized carbons (Fsp3) is 0.278. The smallest absolute Gasteiger partial charge is 0.306 e. The zero-order valence-corrected chi connectivity index (χ0v) is 15.6. The Kier molecular flexibility index (Phi) is 6.59. The quantitative estimate of drug-likeness (QED) is 0.526. The summed E-state index contributed by atoms with van der Waals surface area (Å²) in [6.45, 7) is 0.579.